The Morgan fingerprint density at radius 2 is 1.92 bits per heavy atom. The van der Waals surface area contributed by atoms with Crippen LogP contribution in [0.3, 0.4) is 0 Å². The van der Waals surface area contributed by atoms with Crippen molar-refractivity contribution in [2.45, 2.75) is 45.1 Å². The smallest absolute Gasteiger partial charge is 0.0132 e. The van der Waals surface area contributed by atoms with Gasteiger partial charge in [-0.3, -0.25) is 0 Å². The maximum Gasteiger partial charge on any atom is 0.0132 e. The molecule has 0 rings (SSSR count). The minimum absolute atomic E-state index is 0.0606. The molecule has 0 aromatic heterocycles. The average Bonchev–Trinajstić information content (AvgIpc) is 1.94. The number of hydrogen-bond donors (Lipinski definition) is 1. The Bertz CT molecular complexity index is 140. The van der Waals surface area contributed by atoms with Gasteiger partial charge >= 0.3 is 0 Å². The van der Waals surface area contributed by atoms with E-state index in [1.165, 1.54) is 6.42 Å². The zero-order valence-electron chi connectivity index (χ0n) is 8.34. The molecule has 0 aliphatic heterocycles. The molecule has 0 bridgehead atoms. The summed E-state index contributed by atoms with van der Waals surface area (Å²) in [5.74, 6) is 0. The van der Waals surface area contributed by atoms with Crippen molar-refractivity contribution < 1.29 is 0 Å². The van der Waals surface area contributed by atoms with Crippen molar-refractivity contribution in [3.05, 3.63) is 24.8 Å². The number of nitrogens with two attached hydrogens (primary N) is 1. The predicted molar refractivity (Wildman–Crippen MR) is 56.1 cm³/mol. The Labute approximate surface area is 76.3 Å². The summed E-state index contributed by atoms with van der Waals surface area (Å²) in [4.78, 5) is 0. The molecular formula is C11H21N. The van der Waals surface area contributed by atoms with Gasteiger partial charge in [0, 0.05) is 5.54 Å². The highest BCUT2D eigenvalue weighted by Crippen LogP contribution is 2.05. The monoisotopic (exact) mass is 167 g/mol. The van der Waals surface area contributed by atoms with Crippen molar-refractivity contribution in [3.8, 4) is 0 Å². The lowest BCUT2D eigenvalue weighted by molar-refractivity contribution is 0.527. The summed E-state index contributed by atoms with van der Waals surface area (Å²) in [7, 11) is 0. The molecule has 0 saturated carbocycles. The fraction of sp³-hybridized carbons (Fsp3) is 0.636. The highest BCUT2D eigenvalue weighted by Gasteiger charge is 2.05. The van der Waals surface area contributed by atoms with Gasteiger partial charge in [-0.15, -0.1) is 6.58 Å². The van der Waals surface area contributed by atoms with Crippen molar-refractivity contribution in [3.63, 3.8) is 0 Å². The minimum atomic E-state index is -0.0606. The number of rotatable bonds is 6. The molecule has 70 valence electrons. The van der Waals surface area contributed by atoms with Crippen molar-refractivity contribution in [1.82, 2.24) is 0 Å². The lowest BCUT2D eigenvalue weighted by Crippen LogP contribution is -2.30. The molecule has 0 amide bonds. The van der Waals surface area contributed by atoms with Gasteiger partial charge in [0.2, 0.25) is 0 Å². The Morgan fingerprint density at radius 3 is 2.42 bits per heavy atom. The summed E-state index contributed by atoms with van der Waals surface area (Å²) in [6.07, 6.45) is 10.7. The normalized spacial score (nSPS) is 12.2. The van der Waals surface area contributed by atoms with E-state index in [0.717, 1.165) is 19.3 Å². The van der Waals surface area contributed by atoms with Gasteiger partial charge in [0.25, 0.3) is 0 Å². The zero-order valence-corrected chi connectivity index (χ0v) is 8.34. The largest absolute Gasteiger partial charge is 0.325 e. The van der Waals surface area contributed by atoms with Crippen LogP contribution in [0.1, 0.15) is 39.5 Å². The van der Waals surface area contributed by atoms with Gasteiger partial charge in [-0.05, 0) is 39.5 Å². The third-order valence-corrected chi connectivity index (χ3v) is 1.59. The van der Waals surface area contributed by atoms with Crippen LogP contribution in [-0.2, 0) is 0 Å². The van der Waals surface area contributed by atoms with Crippen LogP contribution < -0.4 is 5.73 Å². The highest BCUT2D eigenvalue weighted by molar-refractivity contribution is 4.89. The standard InChI is InChI=1S/C11H21N/c1-4-5-6-7-8-9-10-11(2,3)12/h4,8-9H,1,5-7,10,12H2,2-3H3. The van der Waals surface area contributed by atoms with Crippen LogP contribution in [0.25, 0.3) is 0 Å². The lowest BCUT2D eigenvalue weighted by atomic mass is 10.0. The van der Waals surface area contributed by atoms with Crippen LogP contribution in [0, 0.1) is 0 Å². The maximum atomic E-state index is 5.81. The van der Waals surface area contributed by atoms with Crippen LogP contribution in [0.4, 0.5) is 0 Å². The first-order valence-electron chi connectivity index (χ1n) is 4.61. The molecular weight excluding hydrogens is 146 g/mol. The quantitative estimate of drug-likeness (QED) is 0.477. The van der Waals surface area contributed by atoms with Crippen molar-refractivity contribution in [1.29, 1.82) is 0 Å². The Hall–Kier alpha value is -0.560. The number of hydrogen-bond acceptors (Lipinski definition) is 1. The van der Waals surface area contributed by atoms with Crippen LogP contribution >= 0.6 is 0 Å². The fourth-order valence-electron chi connectivity index (χ4n) is 0.885. The van der Waals surface area contributed by atoms with Gasteiger partial charge in [0.05, 0.1) is 0 Å². The molecule has 0 radical (unpaired) electrons. The second-order valence-electron chi connectivity index (χ2n) is 3.88. The molecule has 2 N–H and O–H groups in total. The summed E-state index contributed by atoms with van der Waals surface area (Å²) >= 11 is 0. The molecule has 0 aromatic carbocycles. The van der Waals surface area contributed by atoms with Crippen LogP contribution in [0.2, 0.25) is 0 Å². The van der Waals surface area contributed by atoms with Gasteiger partial charge in [0.1, 0.15) is 0 Å². The van der Waals surface area contributed by atoms with E-state index in [0.29, 0.717) is 0 Å². The maximum absolute atomic E-state index is 5.81. The van der Waals surface area contributed by atoms with Crippen molar-refractivity contribution >= 4 is 0 Å². The number of allylic oxidation sites excluding steroid dienone is 2. The number of unbranched alkanes of at least 4 members (excludes halogenated alkanes) is 2. The second kappa shape index (κ2) is 6.01. The van der Waals surface area contributed by atoms with E-state index in [1.807, 2.05) is 19.9 Å². The first kappa shape index (κ1) is 11.4. The van der Waals surface area contributed by atoms with Crippen LogP contribution in [-0.4, -0.2) is 5.54 Å². The van der Waals surface area contributed by atoms with E-state index < -0.39 is 0 Å². The van der Waals surface area contributed by atoms with Crippen molar-refractivity contribution in [2.75, 3.05) is 0 Å². The molecule has 0 atom stereocenters. The van der Waals surface area contributed by atoms with Gasteiger partial charge in [-0.25, -0.2) is 0 Å². The first-order chi connectivity index (χ1) is 5.56. The Kier molecular flexibility index (Phi) is 5.73. The van der Waals surface area contributed by atoms with E-state index in [9.17, 15) is 0 Å². The molecule has 0 aliphatic rings. The van der Waals surface area contributed by atoms with Crippen molar-refractivity contribution in [2.24, 2.45) is 5.73 Å². The second-order valence-corrected chi connectivity index (χ2v) is 3.88. The molecule has 1 heteroatoms. The first-order valence-corrected chi connectivity index (χ1v) is 4.61. The highest BCUT2D eigenvalue weighted by atomic mass is 14.7. The fourth-order valence-corrected chi connectivity index (χ4v) is 0.885. The molecule has 0 aliphatic carbocycles. The van der Waals surface area contributed by atoms with E-state index >= 15 is 0 Å². The van der Waals surface area contributed by atoms with E-state index in [2.05, 4.69) is 18.7 Å². The predicted octanol–water partition coefficient (Wildman–Crippen LogP) is 3.03. The molecule has 12 heavy (non-hydrogen) atoms. The zero-order chi connectivity index (χ0) is 9.45. The summed E-state index contributed by atoms with van der Waals surface area (Å²) in [5.41, 5.74) is 5.75. The lowest BCUT2D eigenvalue weighted by Gasteiger charge is -2.14. The van der Waals surface area contributed by atoms with Crippen LogP contribution in [0.15, 0.2) is 24.8 Å². The molecule has 0 unspecified atom stereocenters. The average molecular weight is 167 g/mol. The van der Waals surface area contributed by atoms with E-state index in [4.69, 9.17) is 5.73 Å². The third kappa shape index (κ3) is 9.44. The summed E-state index contributed by atoms with van der Waals surface area (Å²) in [6.45, 7) is 7.76. The van der Waals surface area contributed by atoms with E-state index in [-0.39, 0.29) is 5.54 Å². The Morgan fingerprint density at radius 1 is 1.25 bits per heavy atom. The van der Waals surface area contributed by atoms with Gasteiger partial charge in [-0.2, -0.15) is 0 Å². The van der Waals surface area contributed by atoms with Gasteiger partial charge in [-0.1, -0.05) is 18.2 Å². The minimum Gasteiger partial charge on any atom is -0.325 e. The summed E-state index contributed by atoms with van der Waals surface area (Å²) in [6, 6.07) is 0. The topological polar surface area (TPSA) is 26.0 Å². The molecule has 1 nitrogen and oxygen atoms in total. The van der Waals surface area contributed by atoms with Crippen LogP contribution in [0.5, 0.6) is 0 Å². The molecule has 0 heterocycles. The molecule has 0 spiro atoms. The van der Waals surface area contributed by atoms with E-state index in [1.54, 1.807) is 0 Å². The van der Waals surface area contributed by atoms with Gasteiger partial charge < -0.3 is 5.73 Å². The molecule has 0 aromatic rings. The third-order valence-electron chi connectivity index (χ3n) is 1.59. The molecule has 0 saturated heterocycles. The summed E-state index contributed by atoms with van der Waals surface area (Å²) < 4.78 is 0. The summed E-state index contributed by atoms with van der Waals surface area (Å²) in [5, 5.41) is 0. The van der Waals surface area contributed by atoms with Gasteiger partial charge in [0.15, 0.2) is 0 Å². The molecule has 0 fully saturated rings. The SMILES string of the molecule is C=CCCCC=CCC(C)(C)N. The Balaban J connectivity index is 3.31.